The van der Waals surface area contributed by atoms with E-state index >= 15 is 0 Å². The molecule has 0 saturated heterocycles. The van der Waals surface area contributed by atoms with Gasteiger partial charge in [0.05, 0.1) is 6.61 Å². The minimum atomic E-state index is -3.62. The van der Waals surface area contributed by atoms with E-state index < -0.39 is 15.8 Å². The molecule has 0 fully saturated rings. The van der Waals surface area contributed by atoms with Crippen molar-refractivity contribution >= 4 is 15.9 Å². The standard InChI is InChI=1S/C19H26FN3O4S/c1-4-23(5-2)28(25,26)15-13-17(22(3)14-15)19(24)21-11-8-12-27-18-10-7-6-9-16(18)20/h6-7,9-10,13-14H,4-5,8,11-12H2,1-3H3,(H,21,24). The molecule has 0 radical (unpaired) electrons. The van der Waals surface area contributed by atoms with Crippen LogP contribution in [0.3, 0.4) is 0 Å². The summed E-state index contributed by atoms with van der Waals surface area (Å²) in [5.41, 5.74) is 0.251. The van der Waals surface area contributed by atoms with Crippen molar-refractivity contribution in [2.75, 3.05) is 26.2 Å². The van der Waals surface area contributed by atoms with Crippen LogP contribution in [0.15, 0.2) is 41.4 Å². The molecule has 0 saturated carbocycles. The second kappa shape index (κ2) is 9.70. The SMILES string of the molecule is CCN(CC)S(=O)(=O)c1cc(C(=O)NCCCOc2ccccc2F)n(C)c1. The highest BCUT2D eigenvalue weighted by Gasteiger charge is 2.25. The zero-order valence-corrected chi connectivity index (χ0v) is 17.1. The second-order valence-corrected chi connectivity index (χ2v) is 8.09. The molecule has 2 rings (SSSR count). The van der Waals surface area contributed by atoms with Crippen LogP contribution in [0.2, 0.25) is 0 Å². The molecule has 2 aromatic rings. The summed E-state index contributed by atoms with van der Waals surface area (Å²) in [6.07, 6.45) is 1.92. The van der Waals surface area contributed by atoms with Gasteiger partial charge >= 0.3 is 0 Å². The van der Waals surface area contributed by atoms with E-state index in [0.717, 1.165) is 0 Å². The normalized spacial score (nSPS) is 11.6. The lowest BCUT2D eigenvalue weighted by molar-refractivity contribution is 0.0943. The van der Waals surface area contributed by atoms with Crippen molar-refractivity contribution in [1.29, 1.82) is 0 Å². The van der Waals surface area contributed by atoms with Crippen LogP contribution in [0.25, 0.3) is 0 Å². The van der Waals surface area contributed by atoms with Crippen molar-refractivity contribution in [3.05, 3.63) is 48.0 Å². The molecule has 0 atom stereocenters. The van der Waals surface area contributed by atoms with Crippen molar-refractivity contribution < 1.29 is 22.3 Å². The first kappa shape index (κ1) is 21.9. The number of nitrogens with one attached hydrogen (secondary N) is 1. The summed E-state index contributed by atoms with van der Waals surface area (Å²) in [4.78, 5) is 12.5. The molecule has 0 aliphatic heterocycles. The highest BCUT2D eigenvalue weighted by Crippen LogP contribution is 2.18. The molecule has 0 spiro atoms. The Kier molecular flexibility index (Phi) is 7.59. The molecule has 7 nitrogen and oxygen atoms in total. The Labute approximate surface area is 165 Å². The van der Waals surface area contributed by atoms with E-state index in [4.69, 9.17) is 4.74 Å². The number of aryl methyl sites for hydroxylation is 1. The van der Waals surface area contributed by atoms with E-state index in [1.807, 2.05) is 0 Å². The summed E-state index contributed by atoms with van der Waals surface area (Å²) < 4.78 is 46.8. The van der Waals surface area contributed by atoms with Gasteiger partial charge < -0.3 is 14.6 Å². The van der Waals surface area contributed by atoms with Crippen LogP contribution in [0, 0.1) is 5.82 Å². The number of carbonyl (C=O) groups is 1. The molecule has 0 aliphatic rings. The monoisotopic (exact) mass is 411 g/mol. The second-order valence-electron chi connectivity index (χ2n) is 6.15. The first-order valence-electron chi connectivity index (χ1n) is 9.13. The average molecular weight is 411 g/mol. The fourth-order valence-electron chi connectivity index (χ4n) is 2.72. The molecule has 9 heteroatoms. The number of nitrogens with zero attached hydrogens (tertiary/aromatic N) is 2. The molecule has 0 aliphatic carbocycles. The van der Waals surface area contributed by atoms with Crippen LogP contribution < -0.4 is 10.1 Å². The van der Waals surface area contributed by atoms with E-state index in [1.165, 1.54) is 33.3 Å². The molecule has 1 aromatic heterocycles. The van der Waals surface area contributed by atoms with Gasteiger partial charge in [0, 0.05) is 32.9 Å². The first-order valence-corrected chi connectivity index (χ1v) is 10.6. The van der Waals surface area contributed by atoms with Crippen molar-refractivity contribution in [2.45, 2.75) is 25.2 Å². The summed E-state index contributed by atoms with van der Waals surface area (Å²) >= 11 is 0. The number of hydrogen-bond acceptors (Lipinski definition) is 4. The molecular weight excluding hydrogens is 385 g/mol. The molecular formula is C19H26FN3O4S. The van der Waals surface area contributed by atoms with Crippen LogP contribution in [0.1, 0.15) is 30.8 Å². The van der Waals surface area contributed by atoms with Crippen molar-refractivity contribution in [1.82, 2.24) is 14.2 Å². The summed E-state index contributed by atoms with van der Waals surface area (Å²) in [6, 6.07) is 7.49. The topological polar surface area (TPSA) is 80.6 Å². The lowest BCUT2D eigenvalue weighted by Crippen LogP contribution is -2.30. The Hall–Kier alpha value is -2.39. The van der Waals surface area contributed by atoms with E-state index in [-0.39, 0.29) is 28.9 Å². The van der Waals surface area contributed by atoms with Crippen molar-refractivity contribution in [3.63, 3.8) is 0 Å². The van der Waals surface area contributed by atoms with Gasteiger partial charge in [-0.3, -0.25) is 4.79 Å². The fraction of sp³-hybridized carbons (Fsp3) is 0.421. The molecule has 0 bridgehead atoms. The predicted molar refractivity (Wildman–Crippen MR) is 104 cm³/mol. The average Bonchev–Trinajstić information content (AvgIpc) is 3.06. The first-order chi connectivity index (χ1) is 13.3. The summed E-state index contributed by atoms with van der Waals surface area (Å²) in [5.74, 6) is -0.644. The minimum Gasteiger partial charge on any atom is -0.490 e. The number of halogens is 1. The number of rotatable bonds is 10. The zero-order chi connectivity index (χ0) is 20.7. The molecule has 28 heavy (non-hydrogen) atoms. The maximum absolute atomic E-state index is 13.4. The van der Waals surface area contributed by atoms with Gasteiger partial charge in [-0.1, -0.05) is 26.0 Å². The van der Waals surface area contributed by atoms with E-state index in [9.17, 15) is 17.6 Å². The number of aromatic nitrogens is 1. The summed E-state index contributed by atoms with van der Waals surface area (Å²) in [6.45, 7) is 4.81. The Morgan fingerprint density at radius 3 is 2.57 bits per heavy atom. The number of carbonyl (C=O) groups excluding carboxylic acids is 1. The largest absolute Gasteiger partial charge is 0.490 e. The van der Waals surface area contributed by atoms with Gasteiger partial charge in [-0.05, 0) is 24.6 Å². The maximum Gasteiger partial charge on any atom is 0.267 e. The van der Waals surface area contributed by atoms with E-state index in [1.54, 1.807) is 33.0 Å². The van der Waals surface area contributed by atoms with Gasteiger partial charge in [0.1, 0.15) is 10.6 Å². The van der Waals surface area contributed by atoms with E-state index in [2.05, 4.69) is 5.32 Å². The van der Waals surface area contributed by atoms with Gasteiger partial charge in [0.15, 0.2) is 11.6 Å². The van der Waals surface area contributed by atoms with Crippen LogP contribution in [-0.4, -0.2) is 49.4 Å². The molecule has 0 unspecified atom stereocenters. The summed E-state index contributed by atoms with van der Waals surface area (Å²) in [5, 5.41) is 2.72. The third-order valence-corrected chi connectivity index (χ3v) is 6.27. The highest BCUT2D eigenvalue weighted by molar-refractivity contribution is 7.89. The van der Waals surface area contributed by atoms with Crippen LogP contribution in [-0.2, 0) is 17.1 Å². The predicted octanol–water partition coefficient (Wildman–Crippen LogP) is 2.39. The third-order valence-electron chi connectivity index (χ3n) is 4.26. The van der Waals surface area contributed by atoms with Crippen LogP contribution in [0.5, 0.6) is 5.75 Å². The molecule has 1 heterocycles. The van der Waals surface area contributed by atoms with Crippen LogP contribution >= 0.6 is 0 Å². The highest BCUT2D eigenvalue weighted by atomic mass is 32.2. The molecule has 1 amide bonds. The Bertz CT molecular complexity index is 908. The van der Waals surface area contributed by atoms with Crippen molar-refractivity contribution in [3.8, 4) is 5.75 Å². The van der Waals surface area contributed by atoms with E-state index in [0.29, 0.717) is 26.1 Å². The maximum atomic E-state index is 13.4. The van der Waals surface area contributed by atoms with Gasteiger partial charge in [0.2, 0.25) is 10.0 Å². The Morgan fingerprint density at radius 1 is 1.25 bits per heavy atom. The molecule has 1 aromatic carbocycles. The summed E-state index contributed by atoms with van der Waals surface area (Å²) in [7, 11) is -2.00. The van der Waals surface area contributed by atoms with Crippen LogP contribution in [0.4, 0.5) is 4.39 Å². The van der Waals surface area contributed by atoms with Gasteiger partial charge in [-0.2, -0.15) is 4.31 Å². The Morgan fingerprint density at radius 2 is 1.93 bits per heavy atom. The molecule has 154 valence electrons. The van der Waals surface area contributed by atoms with Gasteiger partial charge in [0.25, 0.3) is 5.91 Å². The molecule has 1 N–H and O–H groups in total. The fourth-order valence-corrected chi connectivity index (χ4v) is 4.25. The number of sulfonamides is 1. The number of hydrogen-bond donors (Lipinski definition) is 1. The number of ether oxygens (including phenoxy) is 1. The zero-order valence-electron chi connectivity index (χ0n) is 16.3. The minimum absolute atomic E-state index is 0.0896. The van der Waals surface area contributed by atoms with Crippen molar-refractivity contribution in [2.24, 2.45) is 7.05 Å². The number of para-hydroxylation sites is 1. The third kappa shape index (κ3) is 5.11. The smallest absolute Gasteiger partial charge is 0.267 e. The van der Waals surface area contributed by atoms with Gasteiger partial charge in [-0.15, -0.1) is 0 Å². The number of amides is 1. The lowest BCUT2D eigenvalue weighted by atomic mass is 10.3. The number of benzene rings is 1. The van der Waals surface area contributed by atoms with Gasteiger partial charge in [-0.25, -0.2) is 12.8 Å². The Balaban J connectivity index is 1.91. The quantitative estimate of drug-likeness (QED) is 0.609. The lowest BCUT2D eigenvalue weighted by Gasteiger charge is -2.17.